The summed E-state index contributed by atoms with van der Waals surface area (Å²) in [6, 6.07) is 19.0. The number of benzene rings is 2. The lowest BCUT2D eigenvalue weighted by Gasteiger charge is -2.12. The smallest absolute Gasteiger partial charge is 0.254 e. The van der Waals surface area contributed by atoms with Gasteiger partial charge in [0, 0.05) is 23.2 Å². The normalized spacial score (nSPS) is 10.6. The Morgan fingerprint density at radius 2 is 1.85 bits per heavy atom. The van der Waals surface area contributed by atoms with Gasteiger partial charge in [0.25, 0.3) is 5.56 Å². The minimum atomic E-state index is -0.255. The van der Waals surface area contributed by atoms with Crippen LogP contribution >= 0.6 is 11.8 Å². The number of aryl methyl sites for hydroxylation is 2. The molecule has 6 heteroatoms. The zero-order chi connectivity index (χ0) is 19.2. The van der Waals surface area contributed by atoms with Crippen LogP contribution in [0.4, 0.5) is 5.69 Å². The van der Waals surface area contributed by atoms with E-state index in [1.165, 1.54) is 22.4 Å². The van der Waals surface area contributed by atoms with Crippen molar-refractivity contribution in [1.29, 1.82) is 0 Å². The fourth-order valence-corrected chi connectivity index (χ4v) is 3.65. The zero-order valence-corrected chi connectivity index (χ0v) is 16.1. The van der Waals surface area contributed by atoms with Gasteiger partial charge in [-0.2, -0.15) is 0 Å². The van der Waals surface area contributed by atoms with Crippen molar-refractivity contribution in [1.82, 2.24) is 9.55 Å². The first-order valence-corrected chi connectivity index (χ1v) is 9.61. The predicted molar refractivity (Wildman–Crippen MR) is 109 cm³/mol. The molecule has 138 valence electrons. The highest BCUT2D eigenvalue weighted by molar-refractivity contribution is 7.98. The van der Waals surface area contributed by atoms with E-state index < -0.39 is 0 Å². The van der Waals surface area contributed by atoms with E-state index in [-0.39, 0.29) is 18.0 Å². The summed E-state index contributed by atoms with van der Waals surface area (Å²) in [5, 5.41) is 3.38. The molecule has 0 atom stereocenters. The van der Waals surface area contributed by atoms with Crippen LogP contribution in [0.2, 0.25) is 0 Å². The maximum Gasteiger partial charge on any atom is 0.254 e. The van der Waals surface area contributed by atoms with Gasteiger partial charge in [0.2, 0.25) is 5.91 Å². The molecule has 0 aliphatic heterocycles. The summed E-state index contributed by atoms with van der Waals surface area (Å²) < 4.78 is 1.42. The molecule has 27 heavy (non-hydrogen) atoms. The predicted octanol–water partition coefficient (Wildman–Crippen LogP) is 3.79. The molecule has 0 unspecified atom stereocenters. The van der Waals surface area contributed by atoms with Crippen molar-refractivity contribution in [3.63, 3.8) is 0 Å². The van der Waals surface area contributed by atoms with Gasteiger partial charge in [0.15, 0.2) is 5.16 Å². The van der Waals surface area contributed by atoms with Crippen LogP contribution in [0.5, 0.6) is 0 Å². The number of amides is 1. The van der Waals surface area contributed by atoms with E-state index in [0.29, 0.717) is 22.3 Å². The largest absolute Gasteiger partial charge is 0.325 e. The number of anilines is 1. The van der Waals surface area contributed by atoms with Crippen LogP contribution in [-0.2, 0) is 17.1 Å². The van der Waals surface area contributed by atoms with Gasteiger partial charge in [0.1, 0.15) is 6.54 Å². The van der Waals surface area contributed by atoms with Crippen molar-refractivity contribution in [2.75, 3.05) is 5.32 Å². The summed E-state index contributed by atoms with van der Waals surface area (Å²) in [4.78, 5) is 29.4. The van der Waals surface area contributed by atoms with E-state index in [4.69, 9.17) is 0 Å². The lowest BCUT2D eigenvalue weighted by Crippen LogP contribution is -2.29. The molecule has 0 aliphatic carbocycles. The van der Waals surface area contributed by atoms with Gasteiger partial charge >= 0.3 is 0 Å². The number of nitrogens with one attached hydrogen (secondary N) is 1. The van der Waals surface area contributed by atoms with Crippen LogP contribution in [0.25, 0.3) is 0 Å². The van der Waals surface area contributed by atoms with E-state index in [1.54, 1.807) is 6.92 Å². The molecule has 1 aromatic heterocycles. The van der Waals surface area contributed by atoms with E-state index in [0.717, 1.165) is 11.1 Å². The summed E-state index contributed by atoms with van der Waals surface area (Å²) in [6.07, 6.45) is 0. The Morgan fingerprint density at radius 3 is 2.59 bits per heavy atom. The Labute approximate surface area is 162 Å². The molecular weight excluding hydrogens is 358 g/mol. The van der Waals surface area contributed by atoms with Crippen LogP contribution in [0.15, 0.2) is 70.6 Å². The third-order valence-corrected chi connectivity index (χ3v) is 4.96. The Kier molecular flexibility index (Phi) is 6.08. The Bertz CT molecular complexity index is 1000. The highest BCUT2D eigenvalue weighted by atomic mass is 32.2. The quantitative estimate of drug-likeness (QED) is 0.523. The van der Waals surface area contributed by atoms with Crippen LogP contribution in [-0.4, -0.2) is 15.5 Å². The van der Waals surface area contributed by atoms with Gasteiger partial charge in [-0.3, -0.25) is 14.2 Å². The Hall–Kier alpha value is -2.86. The van der Waals surface area contributed by atoms with Crippen molar-refractivity contribution in [3.05, 3.63) is 87.8 Å². The second kappa shape index (κ2) is 8.68. The van der Waals surface area contributed by atoms with E-state index in [1.807, 2.05) is 61.5 Å². The van der Waals surface area contributed by atoms with Gasteiger partial charge in [-0.05, 0) is 37.1 Å². The van der Waals surface area contributed by atoms with Crippen LogP contribution in [0.3, 0.4) is 0 Å². The highest BCUT2D eigenvalue weighted by Gasteiger charge is 2.12. The number of hydrogen-bond donors (Lipinski definition) is 1. The fraction of sp³-hybridized carbons (Fsp3) is 0.190. The lowest BCUT2D eigenvalue weighted by atomic mass is 10.2. The average molecular weight is 379 g/mol. The monoisotopic (exact) mass is 379 g/mol. The Morgan fingerprint density at radius 1 is 1.07 bits per heavy atom. The first kappa shape index (κ1) is 18.9. The number of thioether (sulfide) groups is 1. The standard InChI is InChI=1S/C21H21N3O2S/c1-15-7-6-10-18(11-15)23-19(25)13-24-20(26)12-16(2)22-21(24)27-14-17-8-4-3-5-9-17/h3-12H,13-14H2,1-2H3,(H,23,25). The minimum absolute atomic E-state index is 0.0722. The molecule has 3 rings (SSSR count). The molecule has 3 aromatic rings. The summed E-state index contributed by atoms with van der Waals surface area (Å²) in [7, 11) is 0. The molecule has 1 N–H and O–H groups in total. The van der Waals surface area contributed by atoms with Crippen molar-refractivity contribution >= 4 is 23.4 Å². The van der Waals surface area contributed by atoms with Gasteiger partial charge in [-0.15, -0.1) is 0 Å². The van der Waals surface area contributed by atoms with Crippen LogP contribution in [0.1, 0.15) is 16.8 Å². The molecular formula is C21H21N3O2S. The highest BCUT2D eigenvalue weighted by Crippen LogP contribution is 2.20. The van der Waals surface area contributed by atoms with Crippen molar-refractivity contribution in [3.8, 4) is 0 Å². The third kappa shape index (κ3) is 5.31. The number of hydrogen-bond acceptors (Lipinski definition) is 4. The number of nitrogens with zero attached hydrogens (tertiary/aromatic N) is 2. The molecule has 0 spiro atoms. The van der Waals surface area contributed by atoms with Crippen LogP contribution < -0.4 is 10.9 Å². The van der Waals surface area contributed by atoms with E-state index in [2.05, 4.69) is 10.3 Å². The summed E-state index contributed by atoms with van der Waals surface area (Å²) in [6.45, 7) is 3.67. The van der Waals surface area contributed by atoms with Gasteiger partial charge < -0.3 is 5.32 Å². The second-order valence-electron chi connectivity index (χ2n) is 6.30. The maximum absolute atomic E-state index is 12.4. The summed E-state index contributed by atoms with van der Waals surface area (Å²) in [5.41, 5.74) is 3.32. The zero-order valence-electron chi connectivity index (χ0n) is 15.3. The summed E-state index contributed by atoms with van der Waals surface area (Å²) in [5.74, 6) is 0.422. The topological polar surface area (TPSA) is 64.0 Å². The first-order valence-electron chi connectivity index (χ1n) is 8.63. The number of carbonyl (C=O) groups is 1. The Balaban J connectivity index is 1.77. The van der Waals surface area contributed by atoms with Gasteiger partial charge in [-0.25, -0.2) is 4.98 Å². The second-order valence-corrected chi connectivity index (χ2v) is 7.24. The molecule has 0 fully saturated rings. The molecule has 1 amide bonds. The average Bonchev–Trinajstić information content (AvgIpc) is 2.63. The number of rotatable bonds is 6. The fourth-order valence-electron chi connectivity index (χ4n) is 2.64. The molecule has 0 radical (unpaired) electrons. The first-order chi connectivity index (χ1) is 13.0. The van der Waals surface area contributed by atoms with Crippen molar-refractivity contribution < 1.29 is 4.79 Å². The molecule has 5 nitrogen and oxygen atoms in total. The number of aromatic nitrogens is 2. The van der Waals surface area contributed by atoms with Gasteiger partial charge in [-0.1, -0.05) is 54.2 Å². The molecule has 0 bridgehead atoms. The SMILES string of the molecule is Cc1cccc(NC(=O)Cn2c(SCc3ccccc3)nc(C)cc2=O)c1. The molecule has 1 heterocycles. The van der Waals surface area contributed by atoms with Crippen LogP contribution in [0, 0.1) is 13.8 Å². The summed E-state index contributed by atoms with van der Waals surface area (Å²) >= 11 is 1.45. The molecule has 2 aromatic carbocycles. The third-order valence-electron chi connectivity index (χ3n) is 3.92. The lowest BCUT2D eigenvalue weighted by molar-refractivity contribution is -0.116. The molecule has 0 saturated heterocycles. The van der Waals surface area contributed by atoms with E-state index in [9.17, 15) is 9.59 Å². The minimum Gasteiger partial charge on any atom is -0.325 e. The molecule has 0 aliphatic rings. The molecule has 0 saturated carbocycles. The van der Waals surface area contributed by atoms with Gasteiger partial charge in [0.05, 0.1) is 0 Å². The maximum atomic E-state index is 12.4. The van der Waals surface area contributed by atoms with Crippen molar-refractivity contribution in [2.24, 2.45) is 0 Å². The van der Waals surface area contributed by atoms with Crippen molar-refractivity contribution in [2.45, 2.75) is 31.3 Å². The number of carbonyl (C=O) groups excluding carboxylic acids is 1. The van der Waals surface area contributed by atoms with E-state index >= 15 is 0 Å².